The number of rotatable bonds is 5. The Morgan fingerprint density at radius 3 is 2.77 bits per heavy atom. The number of β-amino-alcohol motifs (C(OH)–C–C–N with tert-alkyl or cyclic N) is 1. The molecule has 22 heavy (non-hydrogen) atoms. The predicted octanol–water partition coefficient (Wildman–Crippen LogP) is 1.91. The smallest absolute Gasteiger partial charge is 0.0841 e. The Hall–Kier alpha value is -1.10. The first kappa shape index (κ1) is 15.8. The summed E-state index contributed by atoms with van der Waals surface area (Å²) in [6, 6.07) is 9.21. The van der Waals surface area contributed by atoms with Crippen molar-refractivity contribution in [3.05, 3.63) is 29.8 Å². The summed E-state index contributed by atoms with van der Waals surface area (Å²) in [7, 11) is 0. The molecule has 2 aliphatic heterocycles. The van der Waals surface area contributed by atoms with Crippen LogP contribution < -0.4 is 4.90 Å². The van der Waals surface area contributed by atoms with Crippen molar-refractivity contribution in [1.29, 1.82) is 0 Å². The number of morpholine rings is 1. The first-order valence-corrected chi connectivity index (χ1v) is 8.60. The lowest BCUT2D eigenvalue weighted by Crippen LogP contribution is -2.48. The number of hydrogen-bond donors (Lipinski definition) is 1. The van der Waals surface area contributed by atoms with Crippen LogP contribution in [0.15, 0.2) is 24.3 Å². The van der Waals surface area contributed by atoms with Gasteiger partial charge in [-0.1, -0.05) is 25.1 Å². The van der Waals surface area contributed by atoms with Gasteiger partial charge in [0.1, 0.15) is 0 Å². The molecule has 4 heteroatoms. The van der Waals surface area contributed by atoms with Crippen molar-refractivity contribution in [3.63, 3.8) is 0 Å². The molecule has 4 nitrogen and oxygen atoms in total. The van der Waals surface area contributed by atoms with E-state index < -0.39 is 0 Å². The van der Waals surface area contributed by atoms with Gasteiger partial charge in [0.05, 0.1) is 19.3 Å². The summed E-state index contributed by atoms with van der Waals surface area (Å²) in [6.45, 7) is 7.18. The summed E-state index contributed by atoms with van der Waals surface area (Å²) in [5, 5.41) is 10.6. The van der Waals surface area contributed by atoms with Gasteiger partial charge in [-0.2, -0.15) is 0 Å². The van der Waals surface area contributed by atoms with Crippen LogP contribution in [0, 0.1) is 0 Å². The molecular formula is C18H28N2O2. The third kappa shape index (κ3) is 3.62. The van der Waals surface area contributed by atoms with E-state index in [2.05, 4.69) is 41.0 Å². The topological polar surface area (TPSA) is 35.9 Å². The summed E-state index contributed by atoms with van der Waals surface area (Å²) in [5.74, 6) is 0. The number of fused-ring (bicyclic) bond motifs is 1. The molecule has 2 aliphatic rings. The van der Waals surface area contributed by atoms with Crippen molar-refractivity contribution in [2.24, 2.45) is 0 Å². The summed E-state index contributed by atoms with van der Waals surface area (Å²) < 4.78 is 5.38. The van der Waals surface area contributed by atoms with Gasteiger partial charge in [-0.15, -0.1) is 0 Å². The third-order valence-corrected chi connectivity index (χ3v) is 4.94. The molecule has 1 aromatic carbocycles. The molecular weight excluding hydrogens is 276 g/mol. The maximum Gasteiger partial charge on any atom is 0.0841 e. The average Bonchev–Trinajstić information content (AvgIpc) is 2.56. The fourth-order valence-corrected chi connectivity index (χ4v) is 3.72. The number of aryl methyl sites for hydroxylation is 1. The second kappa shape index (κ2) is 7.44. The number of anilines is 1. The van der Waals surface area contributed by atoms with E-state index in [1.54, 1.807) is 0 Å². The van der Waals surface area contributed by atoms with Gasteiger partial charge in [0.2, 0.25) is 0 Å². The normalized spacial score (nSPS) is 24.1. The molecule has 2 atom stereocenters. The van der Waals surface area contributed by atoms with Crippen LogP contribution in [0.1, 0.15) is 25.3 Å². The molecule has 0 saturated carbocycles. The minimum absolute atomic E-state index is 0.307. The van der Waals surface area contributed by atoms with Crippen LogP contribution >= 0.6 is 0 Å². The fraction of sp³-hybridized carbons (Fsp3) is 0.667. The standard InChI is InChI=1S/C18H28N2O2/c1-2-16-8-7-15-5-3-4-6-18(15)20(16)14-17(21)13-19-9-11-22-12-10-19/h3-6,16-17,21H,2,7-14H2,1H3. The maximum atomic E-state index is 10.6. The average molecular weight is 304 g/mol. The molecule has 3 rings (SSSR count). The first-order chi connectivity index (χ1) is 10.8. The monoisotopic (exact) mass is 304 g/mol. The molecule has 0 aliphatic carbocycles. The molecule has 0 amide bonds. The Balaban J connectivity index is 1.66. The molecule has 0 radical (unpaired) electrons. The number of aliphatic hydroxyl groups is 1. The van der Waals surface area contributed by atoms with E-state index in [1.165, 1.54) is 17.7 Å². The zero-order chi connectivity index (χ0) is 15.4. The molecule has 1 aromatic rings. The van der Waals surface area contributed by atoms with Crippen molar-refractivity contribution in [3.8, 4) is 0 Å². The van der Waals surface area contributed by atoms with Crippen LogP contribution in [-0.4, -0.2) is 61.5 Å². The lowest BCUT2D eigenvalue weighted by molar-refractivity contribution is 0.0157. The van der Waals surface area contributed by atoms with Gasteiger partial charge in [0.25, 0.3) is 0 Å². The SMILES string of the molecule is CCC1CCc2ccccc2N1CC(O)CN1CCOCC1. The molecule has 1 fully saturated rings. The van der Waals surface area contributed by atoms with E-state index in [4.69, 9.17) is 4.74 Å². The van der Waals surface area contributed by atoms with Crippen molar-refractivity contribution in [2.75, 3.05) is 44.3 Å². The predicted molar refractivity (Wildman–Crippen MR) is 89.5 cm³/mol. The van der Waals surface area contributed by atoms with Gasteiger partial charge in [-0.05, 0) is 30.9 Å². The van der Waals surface area contributed by atoms with Crippen LogP contribution in [0.2, 0.25) is 0 Å². The Morgan fingerprint density at radius 1 is 1.23 bits per heavy atom. The van der Waals surface area contributed by atoms with Crippen LogP contribution in [0.4, 0.5) is 5.69 Å². The Kier molecular flexibility index (Phi) is 5.34. The van der Waals surface area contributed by atoms with E-state index in [9.17, 15) is 5.11 Å². The molecule has 122 valence electrons. The highest BCUT2D eigenvalue weighted by Crippen LogP contribution is 2.31. The van der Waals surface area contributed by atoms with Gasteiger partial charge in [-0.3, -0.25) is 4.90 Å². The number of ether oxygens (including phenoxy) is 1. The quantitative estimate of drug-likeness (QED) is 0.901. The molecule has 2 unspecified atom stereocenters. The van der Waals surface area contributed by atoms with Crippen molar-refractivity contribution in [1.82, 2.24) is 4.90 Å². The van der Waals surface area contributed by atoms with E-state index in [0.29, 0.717) is 6.04 Å². The van der Waals surface area contributed by atoms with Gasteiger partial charge in [-0.25, -0.2) is 0 Å². The van der Waals surface area contributed by atoms with Gasteiger partial charge >= 0.3 is 0 Å². The van der Waals surface area contributed by atoms with Gasteiger partial charge in [0, 0.05) is 37.9 Å². The molecule has 0 aromatic heterocycles. The van der Waals surface area contributed by atoms with E-state index in [-0.39, 0.29) is 6.10 Å². The van der Waals surface area contributed by atoms with Crippen LogP contribution in [-0.2, 0) is 11.2 Å². The van der Waals surface area contributed by atoms with Crippen molar-refractivity contribution >= 4 is 5.69 Å². The molecule has 0 bridgehead atoms. The highest BCUT2D eigenvalue weighted by atomic mass is 16.5. The molecule has 1 saturated heterocycles. The summed E-state index contributed by atoms with van der Waals surface area (Å²) >= 11 is 0. The number of para-hydroxylation sites is 1. The Bertz CT molecular complexity index is 474. The second-order valence-corrected chi connectivity index (χ2v) is 6.45. The van der Waals surface area contributed by atoms with Crippen LogP contribution in [0.5, 0.6) is 0 Å². The molecule has 1 N–H and O–H groups in total. The zero-order valence-corrected chi connectivity index (χ0v) is 13.6. The fourth-order valence-electron chi connectivity index (χ4n) is 3.72. The highest BCUT2D eigenvalue weighted by molar-refractivity contribution is 5.56. The number of benzene rings is 1. The number of aliphatic hydroxyl groups excluding tert-OH is 1. The van der Waals surface area contributed by atoms with E-state index >= 15 is 0 Å². The van der Waals surface area contributed by atoms with Crippen LogP contribution in [0.25, 0.3) is 0 Å². The van der Waals surface area contributed by atoms with Crippen LogP contribution in [0.3, 0.4) is 0 Å². The molecule has 0 spiro atoms. The molecule has 2 heterocycles. The van der Waals surface area contributed by atoms with E-state index in [1.807, 2.05) is 0 Å². The van der Waals surface area contributed by atoms with E-state index in [0.717, 1.165) is 52.2 Å². The minimum Gasteiger partial charge on any atom is -0.390 e. The lowest BCUT2D eigenvalue weighted by atomic mass is 9.94. The van der Waals surface area contributed by atoms with Crippen molar-refractivity contribution in [2.45, 2.75) is 38.3 Å². The van der Waals surface area contributed by atoms with Gasteiger partial charge in [0.15, 0.2) is 0 Å². The van der Waals surface area contributed by atoms with Crippen molar-refractivity contribution < 1.29 is 9.84 Å². The Morgan fingerprint density at radius 2 is 2.00 bits per heavy atom. The zero-order valence-electron chi connectivity index (χ0n) is 13.6. The lowest BCUT2D eigenvalue weighted by Gasteiger charge is -2.40. The first-order valence-electron chi connectivity index (χ1n) is 8.60. The number of hydrogen-bond acceptors (Lipinski definition) is 4. The van der Waals surface area contributed by atoms with Gasteiger partial charge < -0.3 is 14.7 Å². The minimum atomic E-state index is -0.307. The second-order valence-electron chi connectivity index (χ2n) is 6.45. The third-order valence-electron chi connectivity index (χ3n) is 4.94. The summed E-state index contributed by atoms with van der Waals surface area (Å²) in [5.41, 5.74) is 2.74. The Labute approximate surface area is 133 Å². The number of nitrogens with zero attached hydrogens (tertiary/aromatic N) is 2. The highest BCUT2D eigenvalue weighted by Gasteiger charge is 2.27. The largest absolute Gasteiger partial charge is 0.390 e. The summed E-state index contributed by atoms with van der Waals surface area (Å²) in [4.78, 5) is 4.74. The maximum absolute atomic E-state index is 10.6. The summed E-state index contributed by atoms with van der Waals surface area (Å²) in [6.07, 6.45) is 3.18.